The second-order valence-electron chi connectivity index (χ2n) is 4.90. The van der Waals surface area contributed by atoms with Crippen molar-refractivity contribution in [2.45, 2.75) is 24.5 Å². The number of aliphatic hydroxyl groups is 3. The molecule has 0 amide bonds. The number of nitrogens with zero attached hydrogens (tertiary/aromatic N) is 4. The summed E-state index contributed by atoms with van der Waals surface area (Å²) >= 11 is 0. The Bertz CT molecular complexity index is 721. The number of ether oxygens (including phenoxy) is 2. The number of aromatic nitrogens is 4. The van der Waals surface area contributed by atoms with Crippen LogP contribution in [0.2, 0.25) is 0 Å². The number of carbonyl (C=O) groups excluding carboxylic acids is 1. The Balaban J connectivity index is 2.11. The van der Waals surface area contributed by atoms with Crippen molar-refractivity contribution in [2.24, 2.45) is 0 Å². The lowest BCUT2D eigenvalue weighted by Crippen LogP contribution is -2.33. The van der Waals surface area contributed by atoms with Crippen LogP contribution in [0, 0.1) is 0 Å². The second kappa shape index (κ2) is 6.04. The van der Waals surface area contributed by atoms with Crippen molar-refractivity contribution in [3.05, 3.63) is 6.33 Å². The zero-order valence-electron chi connectivity index (χ0n) is 11.8. The van der Waals surface area contributed by atoms with Crippen molar-refractivity contribution in [1.29, 1.82) is 0 Å². The van der Waals surface area contributed by atoms with Crippen LogP contribution in [0.3, 0.4) is 0 Å². The van der Waals surface area contributed by atoms with Gasteiger partial charge in [0.1, 0.15) is 31.2 Å². The van der Waals surface area contributed by atoms with Crippen molar-refractivity contribution in [3.63, 3.8) is 0 Å². The summed E-state index contributed by atoms with van der Waals surface area (Å²) in [5.74, 6) is 0.0800. The van der Waals surface area contributed by atoms with Gasteiger partial charge in [0.15, 0.2) is 29.5 Å². The van der Waals surface area contributed by atoms with E-state index in [2.05, 4.69) is 15.0 Å². The van der Waals surface area contributed by atoms with E-state index in [1.807, 2.05) is 0 Å². The van der Waals surface area contributed by atoms with Crippen LogP contribution in [0.4, 0.5) is 5.82 Å². The van der Waals surface area contributed by atoms with Gasteiger partial charge < -0.3 is 30.5 Å². The van der Waals surface area contributed by atoms with Crippen LogP contribution in [-0.4, -0.2) is 72.7 Å². The molecule has 23 heavy (non-hydrogen) atoms. The molecule has 124 valence electrons. The van der Waals surface area contributed by atoms with Gasteiger partial charge in [-0.25, -0.2) is 14.5 Å². The molecule has 0 aliphatic carbocycles. The average Bonchev–Trinajstić information content (AvgIpc) is 3.05. The Morgan fingerprint density at radius 3 is 2.83 bits per heavy atom. The fraction of sp³-hybridized carbons (Fsp3) is 0.500. The van der Waals surface area contributed by atoms with Crippen LogP contribution in [-0.2, 0) is 9.53 Å². The molecule has 2 aromatic rings. The fourth-order valence-electron chi connectivity index (χ4n) is 2.44. The number of anilines is 1. The van der Waals surface area contributed by atoms with Crippen LogP contribution in [0.1, 0.15) is 6.23 Å². The molecule has 11 heteroatoms. The number of aliphatic hydroxyl groups excluding tert-OH is 3. The fourth-order valence-corrected chi connectivity index (χ4v) is 2.44. The first-order chi connectivity index (χ1) is 11.1. The highest BCUT2D eigenvalue weighted by atomic mass is 16.6. The number of carbonyl (C=O) groups is 1. The van der Waals surface area contributed by atoms with Crippen LogP contribution in [0.25, 0.3) is 11.2 Å². The van der Waals surface area contributed by atoms with Crippen molar-refractivity contribution in [1.82, 2.24) is 19.5 Å². The van der Waals surface area contributed by atoms with Gasteiger partial charge in [0.05, 0.1) is 6.61 Å². The van der Waals surface area contributed by atoms with E-state index >= 15 is 0 Å². The lowest BCUT2D eigenvalue weighted by Gasteiger charge is -2.18. The Morgan fingerprint density at radius 1 is 1.39 bits per heavy atom. The Labute approximate surface area is 129 Å². The monoisotopic (exact) mass is 325 g/mol. The molecule has 2 aromatic heterocycles. The number of hydrogen-bond donors (Lipinski definition) is 4. The third-order valence-electron chi connectivity index (χ3n) is 3.53. The summed E-state index contributed by atoms with van der Waals surface area (Å²) < 4.78 is 11.9. The zero-order chi connectivity index (χ0) is 16.6. The molecule has 1 aliphatic rings. The smallest absolute Gasteiger partial charge is 0.301 e. The number of nitrogens with two attached hydrogens (primary N) is 1. The summed E-state index contributed by atoms with van der Waals surface area (Å²) in [5.41, 5.74) is 6.14. The number of imidazole rings is 1. The van der Waals surface area contributed by atoms with Crippen molar-refractivity contribution >= 4 is 23.3 Å². The second-order valence-corrected chi connectivity index (χ2v) is 4.90. The van der Waals surface area contributed by atoms with Gasteiger partial charge in [-0.2, -0.15) is 4.98 Å². The summed E-state index contributed by atoms with van der Waals surface area (Å²) in [4.78, 5) is 22.5. The van der Waals surface area contributed by atoms with Gasteiger partial charge in [0, 0.05) is 0 Å². The number of rotatable bonds is 5. The Morgan fingerprint density at radius 2 is 2.17 bits per heavy atom. The van der Waals surface area contributed by atoms with E-state index in [0.29, 0.717) is 6.29 Å². The number of aldehydes is 1. The number of nitrogen functional groups attached to an aromatic ring is 1. The molecule has 0 aromatic carbocycles. The number of hydrogen-bond acceptors (Lipinski definition) is 10. The molecular weight excluding hydrogens is 310 g/mol. The minimum atomic E-state index is -1.36. The highest BCUT2D eigenvalue weighted by molar-refractivity contribution is 5.82. The first-order valence-corrected chi connectivity index (χ1v) is 6.75. The molecule has 3 rings (SSSR count). The minimum Gasteiger partial charge on any atom is -0.457 e. The Hall–Kier alpha value is -2.34. The highest BCUT2D eigenvalue weighted by Gasteiger charge is 2.45. The van der Waals surface area contributed by atoms with Crippen LogP contribution in [0.5, 0.6) is 6.01 Å². The average molecular weight is 325 g/mol. The summed E-state index contributed by atoms with van der Waals surface area (Å²) in [5, 5.41) is 29.3. The molecule has 2 unspecified atom stereocenters. The largest absolute Gasteiger partial charge is 0.457 e. The van der Waals surface area contributed by atoms with E-state index in [-0.39, 0.29) is 29.6 Å². The Kier molecular flexibility index (Phi) is 4.09. The van der Waals surface area contributed by atoms with E-state index in [0.717, 1.165) is 0 Å². The summed E-state index contributed by atoms with van der Waals surface area (Å²) in [6.45, 7) is -0.769. The lowest BCUT2D eigenvalue weighted by atomic mass is 10.1. The van der Waals surface area contributed by atoms with E-state index < -0.39 is 31.1 Å². The van der Waals surface area contributed by atoms with Gasteiger partial charge in [-0.05, 0) is 0 Å². The molecule has 4 atom stereocenters. The molecule has 0 bridgehead atoms. The highest BCUT2D eigenvalue weighted by Crippen LogP contribution is 2.35. The quantitative estimate of drug-likeness (QED) is 0.435. The first kappa shape index (κ1) is 15.6. The normalized spacial score (nSPS) is 27.4. The third-order valence-corrected chi connectivity index (χ3v) is 3.53. The predicted molar refractivity (Wildman–Crippen MR) is 74.3 cm³/mol. The van der Waals surface area contributed by atoms with Crippen molar-refractivity contribution < 1.29 is 29.6 Å². The lowest BCUT2D eigenvalue weighted by molar-refractivity contribution is -0.110. The van der Waals surface area contributed by atoms with Crippen LogP contribution >= 0.6 is 0 Å². The topological polar surface area (TPSA) is 166 Å². The molecule has 11 nitrogen and oxygen atoms in total. The maximum Gasteiger partial charge on any atom is 0.301 e. The van der Waals surface area contributed by atoms with Crippen molar-refractivity contribution in [3.8, 4) is 6.01 Å². The predicted octanol–water partition coefficient (Wildman–Crippen LogP) is -2.40. The van der Waals surface area contributed by atoms with E-state index in [1.54, 1.807) is 0 Å². The third kappa shape index (κ3) is 2.49. The van der Waals surface area contributed by atoms with E-state index in [4.69, 9.17) is 15.2 Å². The van der Waals surface area contributed by atoms with Crippen molar-refractivity contribution in [2.75, 3.05) is 18.9 Å². The zero-order valence-corrected chi connectivity index (χ0v) is 11.8. The van der Waals surface area contributed by atoms with Gasteiger partial charge in [0.2, 0.25) is 0 Å². The molecular formula is C12H15N5O6. The van der Waals surface area contributed by atoms with Gasteiger partial charge >= 0.3 is 6.01 Å². The molecule has 5 N–H and O–H groups in total. The summed E-state index contributed by atoms with van der Waals surface area (Å²) in [6, 6.07) is -0.0749. The van der Waals surface area contributed by atoms with E-state index in [9.17, 15) is 20.1 Å². The standard InChI is InChI=1S/C12H15N5O6/c13-9-6-10(15-4-14-9)17(12(16-6)22-2-1-18)11-8(21)7(20)5(3-19)23-11/h1,4-5,7-8,11,19-21H,2-3H2,(H2,13,14,15)/t5-,7?,8?,11-/m1/s1. The maximum atomic E-state index is 10.5. The molecule has 0 saturated carbocycles. The van der Waals surface area contributed by atoms with Crippen LogP contribution in [0.15, 0.2) is 6.33 Å². The molecule has 0 radical (unpaired) electrons. The van der Waals surface area contributed by atoms with Crippen LogP contribution < -0.4 is 10.5 Å². The van der Waals surface area contributed by atoms with Gasteiger partial charge in [-0.15, -0.1) is 0 Å². The summed E-state index contributed by atoms with van der Waals surface area (Å²) in [7, 11) is 0. The molecule has 0 spiro atoms. The molecule has 3 heterocycles. The maximum absolute atomic E-state index is 10.5. The SMILES string of the molecule is Nc1ncnc2c1nc(OCC=O)n2[C@@H]1O[C@H](CO)C(O)C1O. The summed E-state index contributed by atoms with van der Waals surface area (Å²) in [6.07, 6.45) is -3.05. The first-order valence-electron chi connectivity index (χ1n) is 6.75. The van der Waals surface area contributed by atoms with Gasteiger partial charge in [-0.3, -0.25) is 4.79 Å². The minimum absolute atomic E-state index is 0.0749. The molecule has 1 saturated heterocycles. The van der Waals surface area contributed by atoms with E-state index in [1.165, 1.54) is 10.9 Å². The molecule has 1 fully saturated rings. The number of fused-ring (bicyclic) bond motifs is 1. The van der Waals surface area contributed by atoms with Gasteiger partial charge in [-0.1, -0.05) is 0 Å². The van der Waals surface area contributed by atoms with Gasteiger partial charge in [0.25, 0.3) is 0 Å². The molecule has 1 aliphatic heterocycles.